The minimum absolute atomic E-state index is 0.0488. The number of aryl methyl sites for hydroxylation is 1. The van der Waals surface area contributed by atoms with Crippen LogP contribution in [0.15, 0.2) is 24.3 Å². The third-order valence-electron chi connectivity index (χ3n) is 2.56. The first kappa shape index (κ1) is 13.4. The highest BCUT2D eigenvalue weighted by Crippen LogP contribution is 2.03. The van der Waals surface area contributed by atoms with Gasteiger partial charge in [0.05, 0.1) is 0 Å². The van der Waals surface area contributed by atoms with Crippen molar-refractivity contribution < 1.29 is 9.59 Å². The third-order valence-corrected chi connectivity index (χ3v) is 2.56. The maximum atomic E-state index is 11.3. The molecule has 0 saturated heterocycles. The maximum absolute atomic E-state index is 11.3. The van der Waals surface area contributed by atoms with E-state index < -0.39 is 0 Å². The summed E-state index contributed by atoms with van der Waals surface area (Å²) in [6, 6.07) is 8.26. The van der Waals surface area contributed by atoms with E-state index in [0.717, 1.165) is 6.42 Å². The van der Waals surface area contributed by atoms with E-state index in [1.165, 1.54) is 18.1 Å². The highest BCUT2D eigenvalue weighted by molar-refractivity contribution is 5.83. The van der Waals surface area contributed by atoms with Crippen LogP contribution in [0.4, 0.5) is 0 Å². The molecule has 1 aromatic rings. The predicted octanol–water partition coefficient (Wildman–Crippen LogP) is 2.02. The topological polar surface area (TPSA) is 46.2 Å². The molecule has 17 heavy (non-hydrogen) atoms. The van der Waals surface area contributed by atoms with Gasteiger partial charge >= 0.3 is 0 Å². The van der Waals surface area contributed by atoms with Crippen LogP contribution < -0.4 is 5.32 Å². The molecule has 0 atom stereocenters. The van der Waals surface area contributed by atoms with Gasteiger partial charge in [-0.05, 0) is 25.8 Å². The Bertz CT molecular complexity index is 382. The van der Waals surface area contributed by atoms with E-state index in [2.05, 4.69) is 29.6 Å². The molecule has 3 nitrogen and oxygen atoms in total. The van der Waals surface area contributed by atoms with E-state index in [1.807, 2.05) is 6.92 Å². The molecule has 0 aliphatic rings. The molecular weight excluding hydrogens is 214 g/mol. The summed E-state index contributed by atoms with van der Waals surface area (Å²) >= 11 is 0. The fourth-order valence-electron chi connectivity index (χ4n) is 1.48. The number of hydrogen-bond donors (Lipinski definition) is 1. The number of ketones is 1. The standard InChI is InChI=1S/C14H19NO2/c1-11-3-6-13(7-4-11)9-10-15-14(17)8-5-12(2)16/h3-4,6-7H,5,8-10H2,1-2H3,(H,15,17). The monoisotopic (exact) mass is 233 g/mol. The van der Waals surface area contributed by atoms with Crippen molar-refractivity contribution in [3.63, 3.8) is 0 Å². The molecule has 0 aliphatic heterocycles. The van der Waals surface area contributed by atoms with Crippen molar-refractivity contribution in [1.82, 2.24) is 5.32 Å². The maximum Gasteiger partial charge on any atom is 0.220 e. The lowest BCUT2D eigenvalue weighted by Crippen LogP contribution is -2.25. The molecule has 0 fully saturated rings. The van der Waals surface area contributed by atoms with E-state index in [4.69, 9.17) is 0 Å². The van der Waals surface area contributed by atoms with E-state index in [1.54, 1.807) is 0 Å². The molecule has 1 aromatic carbocycles. The van der Waals surface area contributed by atoms with Crippen LogP contribution in [0.25, 0.3) is 0 Å². The summed E-state index contributed by atoms with van der Waals surface area (Å²) in [5.41, 5.74) is 2.45. The van der Waals surface area contributed by atoms with E-state index >= 15 is 0 Å². The summed E-state index contributed by atoms with van der Waals surface area (Å²) in [7, 11) is 0. The molecule has 0 heterocycles. The number of Topliss-reactive ketones (excluding diaryl/α,β-unsaturated/α-hetero) is 1. The smallest absolute Gasteiger partial charge is 0.220 e. The van der Waals surface area contributed by atoms with E-state index in [9.17, 15) is 9.59 Å². The van der Waals surface area contributed by atoms with Gasteiger partial charge < -0.3 is 10.1 Å². The van der Waals surface area contributed by atoms with Crippen molar-refractivity contribution in [2.75, 3.05) is 6.54 Å². The highest BCUT2D eigenvalue weighted by atomic mass is 16.2. The lowest BCUT2D eigenvalue weighted by atomic mass is 10.1. The van der Waals surface area contributed by atoms with Crippen molar-refractivity contribution in [3.05, 3.63) is 35.4 Å². The summed E-state index contributed by atoms with van der Waals surface area (Å²) in [6.07, 6.45) is 1.45. The fraction of sp³-hybridized carbons (Fsp3) is 0.429. The Balaban J connectivity index is 2.21. The minimum atomic E-state index is -0.0488. The molecule has 1 amide bonds. The Labute approximate surface area is 102 Å². The molecule has 3 heteroatoms. The number of benzene rings is 1. The average Bonchev–Trinajstić information content (AvgIpc) is 2.29. The van der Waals surface area contributed by atoms with Crippen LogP contribution in [0, 0.1) is 6.92 Å². The van der Waals surface area contributed by atoms with Gasteiger partial charge in [-0.2, -0.15) is 0 Å². The zero-order valence-electron chi connectivity index (χ0n) is 10.5. The average molecular weight is 233 g/mol. The first-order chi connectivity index (χ1) is 8.08. The Morgan fingerprint density at radius 2 is 1.76 bits per heavy atom. The van der Waals surface area contributed by atoms with Crippen LogP contribution in [-0.4, -0.2) is 18.2 Å². The van der Waals surface area contributed by atoms with Crippen molar-refractivity contribution in [2.24, 2.45) is 0 Å². The quantitative estimate of drug-likeness (QED) is 0.817. The molecular formula is C14H19NO2. The first-order valence-electron chi connectivity index (χ1n) is 5.89. The second-order valence-electron chi connectivity index (χ2n) is 4.29. The van der Waals surface area contributed by atoms with Crippen LogP contribution >= 0.6 is 0 Å². The Hall–Kier alpha value is -1.64. The predicted molar refractivity (Wildman–Crippen MR) is 67.8 cm³/mol. The summed E-state index contributed by atoms with van der Waals surface area (Å²) < 4.78 is 0. The Kier molecular flexibility index (Phi) is 5.40. The molecule has 0 saturated carbocycles. The number of amides is 1. The van der Waals surface area contributed by atoms with Gasteiger partial charge in [-0.15, -0.1) is 0 Å². The largest absolute Gasteiger partial charge is 0.356 e. The van der Waals surface area contributed by atoms with Gasteiger partial charge in [0.15, 0.2) is 0 Å². The number of carbonyl (C=O) groups excluding carboxylic acids is 2. The third kappa shape index (κ3) is 5.85. The van der Waals surface area contributed by atoms with Crippen molar-refractivity contribution in [1.29, 1.82) is 0 Å². The number of nitrogens with one attached hydrogen (secondary N) is 1. The van der Waals surface area contributed by atoms with Crippen LogP contribution in [0.3, 0.4) is 0 Å². The minimum Gasteiger partial charge on any atom is -0.356 e. The number of hydrogen-bond acceptors (Lipinski definition) is 2. The number of rotatable bonds is 6. The highest BCUT2D eigenvalue weighted by Gasteiger charge is 2.02. The van der Waals surface area contributed by atoms with Gasteiger partial charge in [0.2, 0.25) is 5.91 Å². The van der Waals surface area contributed by atoms with Crippen molar-refractivity contribution in [3.8, 4) is 0 Å². The zero-order valence-corrected chi connectivity index (χ0v) is 10.5. The second-order valence-corrected chi connectivity index (χ2v) is 4.29. The summed E-state index contributed by atoms with van der Waals surface area (Å²) in [4.78, 5) is 22.0. The second kappa shape index (κ2) is 6.84. The van der Waals surface area contributed by atoms with E-state index in [-0.39, 0.29) is 11.7 Å². The van der Waals surface area contributed by atoms with Gasteiger partial charge in [0.1, 0.15) is 5.78 Å². The van der Waals surface area contributed by atoms with Crippen LogP contribution in [0.5, 0.6) is 0 Å². The zero-order chi connectivity index (χ0) is 12.7. The Morgan fingerprint density at radius 1 is 1.12 bits per heavy atom. The van der Waals surface area contributed by atoms with Gasteiger partial charge in [-0.25, -0.2) is 0 Å². The van der Waals surface area contributed by atoms with Crippen molar-refractivity contribution in [2.45, 2.75) is 33.1 Å². The Morgan fingerprint density at radius 3 is 2.35 bits per heavy atom. The van der Waals surface area contributed by atoms with Gasteiger partial charge in [-0.3, -0.25) is 4.79 Å². The lowest BCUT2D eigenvalue weighted by molar-refractivity contribution is -0.124. The molecule has 0 unspecified atom stereocenters. The van der Waals surface area contributed by atoms with Gasteiger partial charge in [0, 0.05) is 19.4 Å². The van der Waals surface area contributed by atoms with Crippen LogP contribution in [0.2, 0.25) is 0 Å². The molecule has 0 spiro atoms. The summed E-state index contributed by atoms with van der Waals surface area (Å²) in [6.45, 7) is 4.17. The van der Waals surface area contributed by atoms with Crippen LogP contribution in [-0.2, 0) is 16.0 Å². The normalized spacial score (nSPS) is 10.0. The first-order valence-corrected chi connectivity index (χ1v) is 5.89. The van der Waals surface area contributed by atoms with Crippen LogP contribution in [0.1, 0.15) is 30.9 Å². The number of carbonyl (C=O) groups is 2. The molecule has 0 radical (unpaired) electrons. The SMILES string of the molecule is CC(=O)CCC(=O)NCCc1ccc(C)cc1. The molecule has 92 valence electrons. The van der Waals surface area contributed by atoms with E-state index in [0.29, 0.717) is 19.4 Å². The molecule has 0 bridgehead atoms. The summed E-state index contributed by atoms with van der Waals surface area (Å²) in [5.74, 6) is 0.00555. The molecule has 1 N–H and O–H groups in total. The molecule has 0 aliphatic carbocycles. The molecule has 0 aromatic heterocycles. The van der Waals surface area contributed by atoms with Gasteiger partial charge in [-0.1, -0.05) is 29.8 Å². The van der Waals surface area contributed by atoms with Crippen molar-refractivity contribution >= 4 is 11.7 Å². The summed E-state index contributed by atoms with van der Waals surface area (Å²) in [5, 5.41) is 2.81. The van der Waals surface area contributed by atoms with Gasteiger partial charge in [0.25, 0.3) is 0 Å². The fourth-order valence-corrected chi connectivity index (χ4v) is 1.48. The molecule has 1 rings (SSSR count). The lowest BCUT2D eigenvalue weighted by Gasteiger charge is -2.05.